The molecule has 2 heterocycles. The van der Waals surface area contributed by atoms with Crippen molar-refractivity contribution in [1.29, 1.82) is 0 Å². The zero-order valence-corrected chi connectivity index (χ0v) is 9.31. The molecule has 0 aromatic carbocycles. The number of halogens is 1. The second-order valence-corrected chi connectivity index (χ2v) is 5.27. The first-order chi connectivity index (χ1) is 6.12. The molecule has 1 aliphatic heterocycles. The lowest BCUT2D eigenvalue weighted by atomic mass is 10.3. The Labute approximate surface area is 88.9 Å². The summed E-state index contributed by atoms with van der Waals surface area (Å²) >= 11 is 0. The summed E-state index contributed by atoms with van der Waals surface area (Å²) in [6, 6.07) is 0. The number of aryl methyl sites for hydroxylation is 1. The first kappa shape index (κ1) is 11.5. The molecule has 80 valence electrons. The molecule has 0 aliphatic carbocycles. The van der Waals surface area contributed by atoms with Crippen LogP contribution >= 0.6 is 12.4 Å². The molecule has 1 N–H and O–H groups in total. The fourth-order valence-corrected chi connectivity index (χ4v) is 2.90. The normalized spacial score (nSPS) is 17.2. The molecule has 0 saturated carbocycles. The van der Waals surface area contributed by atoms with Gasteiger partial charge in [0.1, 0.15) is 0 Å². The van der Waals surface area contributed by atoms with E-state index in [1.165, 1.54) is 10.8 Å². The molecule has 0 amide bonds. The van der Waals surface area contributed by atoms with Crippen LogP contribution in [-0.2, 0) is 16.9 Å². The number of nitrogens with zero attached hydrogens (tertiary/aromatic N) is 2. The molecule has 1 aromatic rings. The van der Waals surface area contributed by atoms with Gasteiger partial charge in [0.05, 0.1) is 5.25 Å². The second kappa shape index (κ2) is 3.88. The van der Waals surface area contributed by atoms with E-state index in [4.69, 9.17) is 0 Å². The Morgan fingerprint density at radius 2 is 2.21 bits per heavy atom. The maximum atomic E-state index is 11.8. The van der Waals surface area contributed by atoms with E-state index in [1.807, 2.05) is 0 Å². The third kappa shape index (κ3) is 1.65. The lowest BCUT2D eigenvalue weighted by Crippen LogP contribution is -2.51. The summed E-state index contributed by atoms with van der Waals surface area (Å²) < 4.78 is 25.1. The van der Waals surface area contributed by atoms with Crippen molar-refractivity contribution in [2.75, 3.05) is 13.1 Å². The van der Waals surface area contributed by atoms with Crippen LogP contribution in [-0.4, -0.2) is 36.3 Å². The third-order valence-corrected chi connectivity index (χ3v) is 4.33. The zero-order chi connectivity index (χ0) is 9.47. The number of imidazole rings is 1. The van der Waals surface area contributed by atoms with E-state index >= 15 is 0 Å². The van der Waals surface area contributed by atoms with Gasteiger partial charge in [-0.25, -0.2) is 13.4 Å². The molecule has 0 unspecified atom stereocenters. The summed E-state index contributed by atoms with van der Waals surface area (Å²) in [7, 11) is -1.51. The molecule has 7 heteroatoms. The Hall–Kier alpha value is -0.590. The van der Waals surface area contributed by atoms with Gasteiger partial charge in [0.2, 0.25) is 15.0 Å². The largest absolute Gasteiger partial charge is 0.325 e. The second-order valence-electron chi connectivity index (χ2n) is 3.15. The van der Waals surface area contributed by atoms with Crippen molar-refractivity contribution in [3.05, 3.63) is 12.4 Å². The summed E-state index contributed by atoms with van der Waals surface area (Å²) in [5, 5.41) is 2.80. The molecular formula is C7H12ClN3O2S. The Balaban J connectivity index is 0.000000980. The van der Waals surface area contributed by atoms with E-state index in [-0.39, 0.29) is 22.8 Å². The van der Waals surface area contributed by atoms with Crippen molar-refractivity contribution in [2.24, 2.45) is 7.05 Å². The predicted molar refractivity (Wildman–Crippen MR) is 54.3 cm³/mol. The minimum Gasteiger partial charge on any atom is -0.325 e. The maximum Gasteiger partial charge on any atom is 0.227 e. The highest BCUT2D eigenvalue weighted by Crippen LogP contribution is 2.15. The van der Waals surface area contributed by atoms with Crippen LogP contribution in [0.1, 0.15) is 0 Å². The van der Waals surface area contributed by atoms with E-state index in [0.717, 1.165) is 0 Å². The van der Waals surface area contributed by atoms with Gasteiger partial charge in [-0.3, -0.25) is 0 Å². The van der Waals surface area contributed by atoms with Gasteiger partial charge in [-0.2, -0.15) is 0 Å². The summed E-state index contributed by atoms with van der Waals surface area (Å²) in [4.78, 5) is 3.84. The third-order valence-electron chi connectivity index (χ3n) is 2.21. The maximum absolute atomic E-state index is 11.8. The van der Waals surface area contributed by atoms with E-state index in [0.29, 0.717) is 13.1 Å². The van der Waals surface area contributed by atoms with Crippen molar-refractivity contribution in [1.82, 2.24) is 14.9 Å². The standard InChI is InChI=1S/C7H11N3O2S.ClH/c1-10-3-2-9-7(10)13(11,12)6-4-8-5-6;/h2-3,6,8H,4-5H2,1H3;1H. The van der Waals surface area contributed by atoms with Crippen LogP contribution in [0.5, 0.6) is 0 Å². The number of hydrogen-bond acceptors (Lipinski definition) is 4. The Kier molecular flexibility index (Phi) is 3.18. The van der Waals surface area contributed by atoms with E-state index in [2.05, 4.69) is 10.3 Å². The highest BCUT2D eigenvalue weighted by Gasteiger charge is 2.34. The quantitative estimate of drug-likeness (QED) is 0.760. The zero-order valence-electron chi connectivity index (χ0n) is 7.67. The van der Waals surface area contributed by atoms with Gasteiger partial charge < -0.3 is 9.88 Å². The van der Waals surface area contributed by atoms with E-state index in [9.17, 15) is 8.42 Å². The summed E-state index contributed by atoms with van der Waals surface area (Å²) in [6.45, 7) is 1.07. The minimum atomic E-state index is -3.20. The molecule has 1 fully saturated rings. The van der Waals surface area contributed by atoms with Gasteiger partial charge in [-0.15, -0.1) is 12.4 Å². The van der Waals surface area contributed by atoms with Crippen molar-refractivity contribution >= 4 is 22.2 Å². The molecule has 2 rings (SSSR count). The number of hydrogen-bond donors (Lipinski definition) is 1. The van der Waals surface area contributed by atoms with Crippen LogP contribution < -0.4 is 5.32 Å². The van der Waals surface area contributed by atoms with Crippen LogP contribution in [0.25, 0.3) is 0 Å². The Morgan fingerprint density at radius 3 is 2.57 bits per heavy atom. The van der Waals surface area contributed by atoms with Gasteiger partial charge in [0.15, 0.2) is 0 Å². The smallest absolute Gasteiger partial charge is 0.227 e. The average molecular weight is 238 g/mol. The van der Waals surface area contributed by atoms with Gasteiger partial charge in [-0.1, -0.05) is 0 Å². The number of nitrogens with one attached hydrogen (secondary N) is 1. The molecule has 0 radical (unpaired) electrons. The molecule has 0 spiro atoms. The topological polar surface area (TPSA) is 64.0 Å². The summed E-state index contributed by atoms with van der Waals surface area (Å²) in [6.07, 6.45) is 3.14. The van der Waals surface area contributed by atoms with Crippen molar-refractivity contribution in [3.8, 4) is 0 Å². The first-order valence-electron chi connectivity index (χ1n) is 4.04. The minimum absolute atomic E-state index is 0. The number of sulfone groups is 1. The van der Waals surface area contributed by atoms with Crippen molar-refractivity contribution < 1.29 is 8.42 Å². The van der Waals surface area contributed by atoms with Gasteiger partial charge in [0.25, 0.3) is 0 Å². The molecule has 1 saturated heterocycles. The fraction of sp³-hybridized carbons (Fsp3) is 0.571. The number of aromatic nitrogens is 2. The van der Waals surface area contributed by atoms with Crippen molar-refractivity contribution in [2.45, 2.75) is 10.4 Å². The van der Waals surface area contributed by atoms with Gasteiger partial charge in [0, 0.05) is 32.5 Å². The van der Waals surface area contributed by atoms with Crippen LogP contribution in [0.2, 0.25) is 0 Å². The first-order valence-corrected chi connectivity index (χ1v) is 5.59. The fourth-order valence-electron chi connectivity index (χ4n) is 1.26. The monoisotopic (exact) mass is 237 g/mol. The Bertz CT molecular complexity index is 410. The number of rotatable bonds is 2. The lowest BCUT2D eigenvalue weighted by molar-refractivity contribution is 0.487. The Morgan fingerprint density at radius 1 is 1.57 bits per heavy atom. The molecule has 1 aliphatic rings. The van der Waals surface area contributed by atoms with Crippen LogP contribution in [0, 0.1) is 0 Å². The molecule has 0 atom stereocenters. The molecule has 5 nitrogen and oxygen atoms in total. The summed E-state index contributed by atoms with van der Waals surface area (Å²) in [5.41, 5.74) is 0. The van der Waals surface area contributed by atoms with Crippen molar-refractivity contribution in [3.63, 3.8) is 0 Å². The highest BCUT2D eigenvalue weighted by molar-refractivity contribution is 7.92. The highest BCUT2D eigenvalue weighted by atomic mass is 35.5. The van der Waals surface area contributed by atoms with Gasteiger partial charge >= 0.3 is 0 Å². The summed E-state index contributed by atoms with van der Waals surface area (Å²) in [5.74, 6) is 0. The van der Waals surface area contributed by atoms with Crippen LogP contribution in [0.3, 0.4) is 0 Å². The molecular weight excluding hydrogens is 226 g/mol. The van der Waals surface area contributed by atoms with E-state index in [1.54, 1.807) is 13.2 Å². The van der Waals surface area contributed by atoms with Crippen LogP contribution in [0.15, 0.2) is 17.6 Å². The average Bonchev–Trinajstić information content (AvgIpc) is 2.29. The SMILES string of the molecule is Cl.Cn1ccnc1S(=O)(=O)C1CNC1. The van der Waals surface area contributed by atoms with Crippen LogP contribution in [0.4, 0.5) is 0 Å². The van der Waals surface area contributed by atoms with E-state index < -0.39 is 9.84 Å². The predicted octanol–water partition coefficient (Wildman–Crippen LogP) is -0.413. The van der Waals surface area contributed by atoms with Gasteiger partial charge in [-0.05, 0) is 0 Å². The molecule has 1 aromatic heterocycles. The molecule has 14 heavy (non-hydrogen) atoms. The lowest BCUT2D eigenvalue weighted by Gasteiger charge is -2.26. The molecule has 0 bridgehead atoms.